The summed E-state index contributed by atoms with van der Waals surface area (Å²) in [5.41, 5.74) is -0.447. The molecule has 1 aliphatic heterocycles. The highest BCUT2D eigenvalue weighted by Crippen LogP contribution is 2.26. The molecule has 1 fully saturated rings. The van der Waals surface area contributed by atoms with Crippen molar-refractivity contribution >= 4 is 23.6 Å². The molecule has 0 bridgehead atoms. The first-order chi connectivity index (χ1) is 8.38. The van der Waals surface area contributed by atoms with Crippen LogP contribution in [0, 0.1) is 0 Å². The highest BCUT2D eigenvalue weighted by atomic mass is 32.2. The van der Waals surface area contributed by atoms with E-state index in [1.807, 2.05) is 20.8 Å². The van der Waals surface area contributed by atoms with Crippen molar-refractivity contribution in [3.63, 3.8) is 0 Å². The van der Waals surface area contributed by atoms with E-state index in [1.165, 1.54) is 0 Å². The van der Waals surface area contributed by atoms with Gasteiger partial charge in [-0.1, -0.05) is 6.42 Å². The first kappa shape index (κ1) is 15.3. The van der Waals surface area contributed by atoms with E-state index < -0.39 is 5.60 Å². The molecule has 0 aromatic heterocycles. The Morgan fingerprint density at radius 2 is 2.17 bits per heavy atom. The van der Waals surface area contributed by atoms with Gasteiger partial charge in [-0.05, 0) is 33.6 Å². The molecule has 0 unspecified atom stereocenters. The van der Waals surface area contributed by atoms with E-state index in [-0.39, 0.29) is 11.3 Å². The minimum atomic E-state index is -0.447. The van der Waals surface area contributed by atoms with Crippen molar-refractivity contribution in [2.75, 3.05) is 12.3 Å². The van der Waals surface area contributed by atoms with Gasteiger partial charge in [-0.15, -0.1) is 0 Å². The molecule has 0 aliphatic carbocycles. The zero-order chi connectivity index (χ0) is 13.6. The van der Waals surface area contributed by atoms with E-state index in [1.54, 1.807) is 11.8 Å². The Labute approximate surface area is 113 Å². The third-order valence-corrected chi connectivity index (χ3v) is 3.93. The van der Waals surface area contributed by atoms with Crippen LogP contribution in [-0.4, -0.2) is 35.0 Å². The minimum Gasteiger partial charge on any atom is -0.444 e. The lowest BCUT2D eigenvalue weighted by atomic mass is 10.1. The van der Waals surface area contributed by atoms with Crippen LogP contribution in [0.1, 0.15) is 46.5 Å². The summed E-state index contributed by atoms with van der Waals surface area (Å²) in [5.74, 6) is 1.36. The molecular formula is C13H23NO3S. The summed E-state index contributed by atoms with van der Waals surface area (Å²) in [6.45, 7) is 6.14. The fourth-order valence-corrected chi connectivity index (χ4v) is 3.00. The molecule has 0 aromatic rings. The molecule has 1 aliphatic rings. The molecule has 0 aromatic carbocycles. The summed E-state index contributed by atoms with van der Waals surface area (Å²) in [7, 11) is 0. The highest BCUT2D eigenvalue weighted by Gasteiger charge is 2.24. The second-order valence-electron chi connectivity index (χ2n) is 5.50. The highest BCUT2D eigenvalue weighted by molar-refractivity contribution is 8.01. The van der Waals surface area contributed by atoms with E-state index in [2.05, 4.69) is 5.32 Å². The molecule has 1 heterocycles. The number of ether oxygens (including phenoxy) is 1. The Hall–Kier alpha value is -0.710. The standard InChI is InChI=1S/C13H23NO3S/c1-13(2,3)17-12(16)14-8-5-4-6-11-10(15)7-9-18-11/h11H,4-9H2,1-3H3,(H,14,16)/t11-/m0/s1. The number of hydrogen-bond acceptors (Lipinski definition) is 4. The molecule has 0 spiro atoms. The topological polar surface area (TPSA) is 55.4 Å². The van der Waals surface area contributed by atoms with Crippen molar-refractivity contribution in [3.8, 4) is 0 Å². The number of amides is 1. The van der Waals surface area contributed by atoms with Gasteiger partial charge in [0.05, 0.1) is 5.25 Å². The molecule has 1 amide bonds. The fraction of sp³-hybridized carbons (Fsp3) is 0.846. The van der Waals surface area contributed by atoms with Crippen LogP contribution >= 0.6 is 11.8 Å². The summed E-state index contributed by atoms with van der Waals surface area (Å²) in [4.78, 5) is 22.7. The lowest BCUT2D eigenvalue weighted by molar-refractivity contribution is -0.117. The average Bonchev–Trinajstić information content (AvgIpc) is 2.61. The molecule has 1 rings (SSSR count). The number of carbonyl (C=O) groups is 2. The van der Waals surface area contributed by atoms with Crippen molar-refractivity contribution in [2.24, 2.45) is 0 Å². The first-order valence-corrected chi connectivity index (χ1v) is 7.54. The largest absolute Gasteiger partial charge is 0.444 e. The van der Waals surface area contributed by atoms with Crippen molar-refractivity contribution in [3.05, 3.63) is 0 Å². The molecule has 1 saturated heterocycles. The van der Waals surface area contributed by atoms with Crippen molar-refractivity contribution < 1.29 is 14.3 Å². The second-order valence-corrected chi connectivity index (χ2v) is 6.81. The number of alkyl carbamates (subject to hydrolysis) is 1. The van der Waals surface area contributed by atoms with Gasteiger partial charge in [0, 0.05) is 18.7 Å². The Morgan fingerprint density at radius 1 is 1.44 bits per heavy atom. The predicted molar refractivity (Wildman–Crippen MR) is 74.0 cm³/mol. The molecular weight excluding hydrogens is 250 g/mol. The lowest BCUT2D eigenvalue weighted by Gasteiger charge is -2.19. The smallest absolute Gasteiger partial charge is 0.407 e. The van der Waals surface area contributed by atoms with Gasteiger partial charge in [0.25, 0.3) is 0 Å². The van der Waals surface area contributed by atoms with Crippen LogP contribution in [0.4, 0.5) is 4.79 Å². The molecule has 4 nitrogen and oxygen atoms in total. The third kappa shape index (κ3) is 6.28. The summed E-state index contributed by atoms with van der Waals surface area (Å²) >= 11 is 1.76. The van der Waals surface area contributed by atoms with Gasteiger partial charge < -0.3 is 10.1 Å². The zero-order valence-electron chi connectivity index (χ0n) is 11.5. The van der Waals surface area contributed by atoms with E-state index in [4.69, 9.17) is 4.74 Å². The predicted octanol–water partition coefficient (Wildman–Crippen LogP) is 2.76. The average molecular weight is 273 g/mol. The van der Waals surface area contributed by atoms with E-state index in [9.17, 15) is 9.59 Å². The van der Waals surface area contributed by atoms with Gasteiger partial charge in [-0.3, -0.25) is 4.79 Å². The van der Waals surface area contributed by atoms with Crippen molar-refractivity contribution in [1.82, 2.24) is 5.32 Å². The van der Waals surface area contributed by atoms with E-state index in [0.29, 0.717) is 12.3 Å². The number of nitrogens with one attached hydrogen (secondary N) is 1. The van der Waals surface area contributed by atoms with Gasteiger partial charge in [0.15, 0.2) is 0 Å². The van der Waals surface area contributed by atoms with Crippen molar-refractivity contribution in [2.45, 2.75) is 57.3 Å². The molecule has 1 atom stereocenters. The van der Waals surface area contributed by atoms with Crippen LogP contribution < -0.4 is 5.32 Å². The maximum absolute atomic E-state index is 11.4. The minimum absolute atomic E-state index is 0.200. The molecule has 0 saturated carbocycles. The number of hydrogen-bond donors (Lipinski definition) is 1. The number of ketones is 1. The van der Waals surface area contributed by atoms with Gasteiger partial charge in [-0.2, -0.15) is 11.8 Å². The summed E-state index contributed by atoms with van der Waals surface area (Å²) in [6.07, 6.45) is 3.15. The summed E-state index contributed by atoms with van der Waals surface area (Å²) < 4.78 is 5.13. The molecule has 1 N–H and O–H groups in total. The molecule has 0 radical (unpaired) electrons. The second kappa shape index (κ2) is 7.02. The van der Waals surface area contributed by atoms with Crippen LogP contribution in [-0.2, 0) is 9.53 Å². The maximum atomic E-state index is 11.4. The Morgan fingerprint density at radius 3 is 2.72 bits per heavy atom. The van der Waals surface area contributed by atoms with Crippen LogP contribution in [0.2, 0.25) is 0 Å². The van der Waals surface area contributed by atoms with Gasteiger partial charge in [0.1, 0.15) is 11.4 Å². The lowest BCUT2D eigenvalue weighted by Crippen LogP contribution is -2.33. The Kier molecular flexibility index (Phi) is 5.99. The quantitative estimate of drug-likeness (QED) is 0.783. The van der Waals surface area contributed by atoms with E-state index in [0.717, 1.165) is 31.4 Å². The Balaban J connectivity index is 2.01. The maximum Gasteiger partial charge on any atom is 0.407 e. The summed E-state index contributed by atoms with van der Waals surface area (Å²) in [6, 6.07) is 0. The van der Waals surface area contributed by atoms with Crippen LogP contribution in [0.25, 0.3) is 0 Å². The molecule has 5 heteroatoms. The number of rotatable bonds is 5. The van der Waals surface area contributed by atoms with Gasteiger partial charge in [0.2, 0.25) is 0 Å². The van der Waals surface area contributed by atoms with Crippen LogP contribution in [0.5, 0.6) is 0 Å². The van der Waals surface area contributed by atoms with Gasteiger partial charge in [-0.25, -0.2) is 4.79 Å². The third-order valence-electron chi connectivity index (χ3n) is 2.59. The monoisotopic (exact) mass is 273 g/mol. The van der Waals surface area contributed by atoms with Crippen LogP contribution in [0.15, 0.2) is 0 Å². The van der Waals surface area contributed by atoms with Gasteiger partial charge >= 0.3 is 6.09 Å². The Bertz CT molecular complexity index is 299. The fourth-order valence-electron chi connectivity index (χ4n) is 1.76. The molecule has 104 valence electrons. The number of carbonyl (C=O) groups excluding carboxylic acids is 2. The normalized spacial score (nSPS) is 19.9. The summed E-state index contributed by atoms with van der Waals surface area (Å²) in [5, 5.41) is 2.92. The first-order valence-electron chi connectivity index (χ1n) is 6.49. The molecule has 18 heavy (non-hydrogen) atoms. The van der Waals surface area contributed by atoms with Crippen molar-refractivity contribution in [1.29, 1.82) is 0 Å². The number of Topliss-reactive ketones (excluding diaryl/α,β-unsaturated/α-hetero) is 1. The number of thioether (sulfide) groups is 1. The number of unbranched alkanes of at least 4 members (excludes halogenated alkanes) is 1. The van der Waals surface area contributed by atoms with Crippen LogP contribution in [0.3, 0.4) is 0 Å². The SMILES string of the molecule is CC(C)(C)OC(=O)NCCCC[C@@H]1SCCC1=O. The zero-order valence-corrected chi connectivity index (χ0v) is 12.3. The van der Waals surface area contributed by atoms with E-state index >= 15 is 0 Å².